The number of aromatic nitrogens is 1. The van der Waals surface area contributed by atoms with Crippen LogP contribution in [0.25, 0.3) is 5.69 Å². The fourth-order valence-electron chi connectivity index (χ4n) is 3.12. The molecule has 0 saturated heterocycles. The number of hydrogen-bond donors (Lipinski definition) is 1. The van der Waals surface area contributed by atoms with E-state index in [0.29, 0.717) is 15.6 Å². The van der Waals surface area contributed by atoms with Gasteiger partial charge in [0.1, 0.15) is 11.0 Å². The lowest BCUT2D eigenvalue weighted by atomic mass is 9.92. The molecule has 0 unspecified atom stereocenters. The van der Waals surface area contributed by atoms with Crippen LogP contribution < -0.4 is 9.47 Å². The van der Waals surface area contributed by atoms with Crippen LogP contribution in [-0.2, 0) is 4.79 Å². The Morgan fingerprint density at radius 2 is 1.85 bits per heavy atom. The topological polar surface area (TPSA) is 40.5 Å². The zero-order valence-electron chi connectivity index (χ0n) is 13.8. The molecule has 0 N–H and O–H groups in total. The number of esters is 1. The summed E-state index contributed by atoms with van der Waals surface area (Å²) in [6.45, 7) is 0. The first-order chi connectivity index (χ1) is 12.6. The highest BCUT2D eigenvalue weighted by Gasteiger charge is 2.40. The van der Waals surface area contributed by atoms with Gasteiger partial charge in [-0.15, -0.1) is 11.3 Å². The Morgan fingerprint density at radius 1 is 1.15 bits per heavy atom. The van der Waals surface area contributed by atoms with Crippen LogP contribution in [0.2, 0.25) is 0 Å². The molecular weight excluding hydrogens is 386 g/mol. The fraction of sp³-hybridized carbons (Fsp3) is 0.158. The molecule has 0 aliphatic carbocycles. The minimum atomic E-state index is -0.580. The fourth-order valence-corrected chi connectivity index (χ4v) is 5.13. The number of benzene rings is 2. The van der Waals surface area contributed by atoms with E-state index in [2.05, 4.69) is 12.6 Å². The molecule has 2 heterocycles. The van der Waals surface area contributed by atoms with Crippen molar-refractivity contribution in [2.75, 3.05) is 7.11 Å². The third-order valence-electron chi connectivity index (χ3n) is 4.32. The van der Waals surface area contributed by atoms with Crippen molar-refractivity contribution in [3.8, 4) is 17.3 Å². The van der Waals surface area contributed by atoms with Crippen LogP contribution in [-0.4, -0.2) is 22.9 Å². The van der Waals surface area contributed by atoms with Gasteiger partial charge >= 0.3 is 5.97 Å². The SMILES string of the molecule is COc1ccccc1-n1c2c(sc1=S)[C@H](c1ccccc1)[C@@H](S)C(=O)O2. The van der Waals surface area contributed by atoms with Gasteiger partial charge in [0, 0.05) is 5.92 Å². The molecule has 0 radical (unpaired) electrons. The highest BCUT2D eigenvalue weighted by Crippen LogP contribution is 2.46. The lowest BCUT2D eigenvalue weighted by Crippen LogP contribution is -2.33. The normalized spacial score (nSPS) is 18.9. The molecule has 2 aromatic carbocycles. The summed E-state index contributed by atoms with van der Waals surface area (Å²) in [5.41, 5.74) is 1.75. The molecule has 132 valence electrons. The average Bonchev–Trinajstić information content (AvgIpc) is 2.98. The number of para-hydroxylation sites is 2. The van der Waals surface area contributed by atoms with E-state index in [1.807, 2.05) is 54.6 Å². The molecule has 4 nitrogen and oxygen atoms in total. The van der Waals surface area contributed by atoms with Crippen LogP contribution in [0.4, 0.5) is 0 Å². The standard InChI is InChI=1S/C19H15NO3S3/c1-22-13-10-6-5-9-12(13)20-17-16(26-19(20)25)14(15(24)18(21)23-17)11-7-3-2-4-8-11/h2-10,14-15,24H,1H3/t14-,15-/m1/s1. The smallest absolute Gasteiger partial charge is 0.326 e. The molecular formula is C19H15NO3S3. The van der Waals surface area contributed by atoms with Gasteiger partial charge in [0.05, 0.1) is 17.7 Å². The molecule has 26 heavy (non-hydrogen) atoms. The number of nitrogens with zero attached hydrogens (tertiary/aromatic N) is 1. The van der Waals surface area contributed by atoms with Crippen LogP contribution in [0, 0.1) is 3.95 Å². The maximum Gasteiger partial charge on any atom is 0.326 e. The van der Waals surface area contributed by atoms with Gasteiger partial charge in [-0.2, -0.15) is 12.6 Å². The molecule has 1 aromatic heterocycles. The predicted molar refractivity (Wildman–Crippen MR) is 108 cm³/mol. The van der Waals surface area contributed by atoms with Crippen molar-refractivity contribution in [3.05, 3.63) is 69.0 Å². The van der Waals surface area contributed by atoms with Crippen LogP contribution in [0.5, 0.6) is 11.6 Å². The van der Waals surface area contributed by atoms with E-state index in [9.17, 15) is 4.79 Å². The molecule has 3 aromatic rings. The maximum atomic E-state index is 12.5. The second kappa shape index (κ2) is 6.90. The molecule has 2 atom stereocenters. The van der Waals surface area contributed by atoms with Gasteiger partial charge in [0.25, 0.3) is 0 Å². The molecule has 1 aliphatic rings. The monoisotopic (exact) mass is 401 g/mol. The van der Waals surface area contributed by atoms with Gasteiger partial charge in [-0.1, -0.05) is 42.5 Å². The quantitative estimate of drug-likeness (QED) is 0.395. The summed E-state index contributed by atoms with van der Waals surface area (Å²) < 4.78 is 13.5. The molecule has 0 saturated carbocycles. The summed E-state index contributed by atoms with van der Waals surface area (Å²) in [7, 11) is 1.60. The number of thiol groups is 1. The van der Waals surface area contributed by atoms with Gasteiger partial charge in [0.2, 0.25) is 5.88 Å². The van der Waals surface area contributed by atoms with Crippen LogP contribution in [0.1, 0.15) is 16.4 Å². The molecule has 4 rings (SSSR count). The Hall–Kier alpha value is -2.09. The van der Waals surface area contributed by atoms with Crippen molar-refractivity contribution in [2.24, 2.45) is 0 Å². The Kier molecular flexibility index (Phi) is 4.60. The number of fused-ring (bicyclic) bond motifs is 1. The minimum absolute atomic E-state index is 0.210. The van der Waals surface area contributed by atoms with E-state index in [-0.39, 0.29) is 11.9 Å². The number of rotatable bonds is 3. The van der Waals surface area contributed by atoms with E-state index in [1.54, 1.807) is 11.7 Å². The summed E-state index contributed by atoms with van der Waals surface area (Å²) in [6, 6.07) is 17.3. The predicted octanol–water partition coefficient (Wildman–Crippen LogP) is 4.63. The maximum absolute atomic E-state index is 12.5. The van der Waals surface area contributed by atoms with Crippen LogP contribution in [0.15, 0.2) is 54.6 Å². The van der Waals surface area contributed by atoms with Crippen molar-refractivity contribution in [1.82, 2.24) is 4.57 Å². The molecule has 0 fully saturated rings. The summed E-state index contributed by atoms with van der Waals surface area (Å²) in [5, 5.41) is -0.580. The summed E-state index contributed by atoms with van der Waals surface area (Å²) in [5.74, 6) is 0.516. The van der Waals surface area contributed by atoms with E-state index in [4.69, 9.17) is 21.7 Å². The number of hydrogen-bond acceptors (Lipinski definition) is 6. The van der Waals surface area contributed by atoms with Crippen molar-refractivity contribution in [1.29, 1.82) is 0 Å². The zero-order chi connectivity index (χ0) is 18.3. The van der Waals surface area contributed by atoms with Gasteiger partial charge in [-0.05, 0) is 29.9 Å². The molecule has 0 spiro atoms. The van der Waals surface area contributed by atoms with E-state index in [1.165, 1.54) is 11.3 Å². The van der Waals surface area contributed by atoms with Crippen LogP contribution in [0.3, 0.4) is 0 Å². The van der Waals surface area contributed by atoms with Crippen molar-refractivity contribution in [2.45, 2.75) is 11.2 Å². The largest absolute Gasteiger partial charge is 0.495 e. The number of methoxy groups -OCH3 is 1. The first-order valence-electron chi connectivity index (χ1n) is 7.95. The average molecular weight is 402 g/mol. The molecule has 7 heteroatoms. The van der Waals surface area contributed by atoms with Gasteiger partial charge in [-0.25, -0.2) is 0 Å². The highest BCUT2D eigenvalue weighted by molar-refractivity contribution is 7.81. The van der Waals surface area contributed by atoms with Gasteiger partial charge in [0.15, 0.2) is 3.95 Å². The highest BCUT2D eigenvalue weighted by atomic mass is 32.1. The molecule has 1 aliphatic heterocycles. The summed E-state index contributed by atoms with van der Waals surface area (Å²) in [4.78, 5) is 13.4. The van der Waals surface area contributed by atoms with Gasteiger partial charge in [-0.3, -0.25) is 9.36 Å². The minimum Gasteiger partial charge on any atom is -0.495 e. The Balaban J connectivity index is 1.95. The van der Waals surface area contributed by atoms with Crippen molar-refractivity contribution in [3.63, 3.8) is 0 Å². The second-order valence-electron chi connectivity index (χ2n) is 5.80. The second-order valence-corrected chi connectivity index (χ2v) is 8.03. The van der Waals surface area contributed by atoms with E-state index in [0.717, 1.165) is 16.1 Å². The Bertz CT molecular complexity index is 1030. The Labute approximate surface area is 165 Å². The van der Waals surface area contributed by atoms with Gasteiger partial charge < -0.3 is 9.47 Å². The third kappa shape index (κ3) is 2.76. The number of ether oxygens (including phenoxy) is 2. The number of carbonyl (C=O) groups excluding carboxylic acids is 1. The first-order valence-corrected chi connectivity index (χ1v) is 9.69. The van der Waals surface area contributed by atoms with Crippen LogP contribution >= 0.6 is 36.2 Å². The summed E-state index contributed by atoms with van der Waals surface area (Å²) in [6.07, 6.45) is 0. The van der Waals surface area contributed by atoms with Crippen molar-refractivity contribution < 1.29 is 14.3 Å². The number of thiazole rings is 1. The lowest BCUT2D eigenvalue weighted by Gasteiger charge is -2.27. The van der Waals surface area contributed by atoms with E-state index >= 15 is 0 Å². The molecule has 0 amide bonds. The lowest BCUT2D eigenvalue weighted by molar-refractivity contribution is -0.135. The van der Waals surface area contributed by atoms with Crippen molar-refractivity contribution >= 4 is 42.2 Å². The summed E-state index contributed by atoms with van der Waals surface area (Å²) >= 11 is 11.6. The first kappa shape index (κ1) is 17.3. The zero-order valence-corrected chi connectivity index (χ0v) is 16.3. The molecule has 0 bridgehead atoms. The third-order valence-corrected chi connectivity index (χ3v) is 6.26. The number of carbonyl (C=O) groups is 1. The Morgan fingerprint density at radius 3 is 2.58 bits per heavy atom. The van der Waals surface area contributed by atoms with E-state index < -0.39 is 5.25 Å².